The number of carbonyl (C=O) groups is 1. The summed E-state index contributed by atoms with van der Waals surface area (Å²) in [6.07, 6.45) is 2.62. The van der Waals surface area contributed by atoms with Gasteiger partial charge in [0.1, 0.15) is 5.15 Å². The number of benzene rings is 1. The molecule has 1 aromatic carbocycles. The SMILES string of the molecule is CCOC(=O)C(C)(C)c1cnc(Nc2ccc3c(c2)CNCC3)nc1Cl. The van der Waals surface area contributed by atoms with Crippen LogP contribution in [-0.2, 0) is 27.9 Å². The van der Waals surface area contributed by atoms with E-state index >= 15 is 0 Å². The molecule has 7 heteroatoms. The van der Waals surface area contributed by atoms with Gasteiger partial charge in [-0.2, -0.15) is 0 Å². The van der Waals surface area contributed by atoms with Gasteiger partial charge < -0.3 is 15.4 Å². The second-order valence-corrected chi connectivity index (χ2v) is 7.14. The summed E-state index contributed by atoms with van der Waals surface area (Å²) in [4.78, 5) is 20.8. The highest BCUT2D eigenvalue weighted by molar-refractivity contribution is 6.30. The van der Waals surface area contributed by atoms with Gasteiger partial charge in [-0.15, -0.1) is 0 Å². The minimum atomic E-state index is -0.914. The van der Waals surface area contributed by atoms with Gasteiger partial charge in [0.2, 0.25) is 5.95 Å². The normalized spacial score (nSPS) is 13.8. The van der Waals surface area contributed by atoms with Crippen LogP contribution in [0.15, 0.2) is 24.4 Å². The van der Waals surface area contributed by atoms with Crippen LogP contribution in [0.2, 0.25) is 5.15 Å². The van der Waals surface area contributed by atoms with Crippen LogP contribution in [0.3, 0.4) is 0 Å². The molecular weight excluding hydrogens is 352 g/mol. The van der Waals surface area contributed by atoms with E-state index in [0.29, 0.717) is 18.1 Å². The van der Waals surface area contributed by atoms with Crippen LogP contribution in [0, 0.1) is 0 Å². The van der Waals surface area contributed by atoms with Gasteiger partial charge in [-0.3, -0.25) is 4.79 Å². The van der Waals surface area contributed by atoms with E-state index < -0.39 is 5.41 Å². The minimum Gasteiger partial charge on any atom is -0.465 e. The Hall–Kier alpha value is -2.18. The quantitative estimate of drug-likeness (QED) is 0.617. The number of halogens is 1. The lowest BCUT2D eigenvalue weighted by atomic mass is 9.86. The van der Waals surface area contributed by atoms with Crippen molar-refractivity contribution in [2.75, 3.05) is 18.5 Å². The average molecular weight is 375 g/mol. The van der Waals surface area contributed by atoms with Crippen LogP contribution in [0.5, 0.6) is 0 Å². The molecule has 0 atom stereocenters. The molecule has 0 radical (unpaired) electrons. The van der Waals surface area contributed by atoms with Crippen LogP contribution < -0.4 is 10.6 Å². The van der Waals surface area contributed by atoms with E-state index in [9.17, 15) is 4.79 Å². The number of fused-ring (bicyclic) bond motifs is 1. The van der Waals surface area contributed by atoms with Gasteiger partial charge in [-0.05, 0) is 57.0 Å². The number of nitrogens with zero attached hydrogens (tertiary/aromatic N) is 2. The Kier molecular flexibility index (Phi) is 5.44. The minimum absolute atomic E-state index is 0.236. The number of nitrogens with one attached hydrogen (secondary N) is 2. The Morgan fingerprint density at radius 3 is 2.92 bits per heavy atom. The predicted octanol–water partition coefficient (Wildman–Crippen LogP) is 3.36. The maximum absolute atomic E-state index is 12.2. The fourth-order valence-electron chi connectivity index (χ4n) is 2.95. The number of aromatic nitrogens is 2. The van der Waals surface area contributed by atoms with Gasteiger partial charge in [0, 0.05) is 24.0 Å². The smallest absolute Gasteiger partial charge is 0.316 e. The van der Waals surface area contributed by atoms with Crippen molar-refractivity contribution in [1.82, 2.24) is 15.3 Å². The Bertz CT molecular complexity index is 823. The third-order valence-electron chi connectivity index (χ3n) is 4.55. The van der Waals surface area contributed by atoms with E-state index in [4.69, 9.17) is 16.3 Å². The van der Waals surface area contributed by atoms with Crippen molar-refractivity contribution in [1.29, 1.82) is 0 Å². The monoisotopic (exact) mass is 374 g/mol. The number of anilines is 2. The molecule has 1 aromatic heterocycles. The molecule has 1 aliphatic rings. The summed E-state index contributed by atoms with van der Waals surface area (Å²) < 4.78 is 5.12. The van der Waals surface area contributed by atoms with Gasteiger partial charge in [0.15, 0.2) is 0 Å². The summed E-state index contributed by atoms with van der Waals surface area (Å²) in [6.45, 7) is 7.45. The van der Waals surface area contributed by atoms with E-state index in [1.165, 1.54) is 11.1 Å². The Labute approximate surface area is 158 Å². The summed E-state index contributed by atoms with van der Waals surface area (Å²) >= 11 is 6.33. The van der Waals surface area contributed by atoms with Crippen molar-refractivity contribution in [3.8, 4) is 0 Å². The molecule has 0 saturated carbocycles. The van der Waals surface area contributed by atoms with E-state index in [1.54, 1.807) is 27.0 Å². The summed E-state index contributed by atoms with van der Waals surface area (Å²) in [5.74, 6) is 0.0375. The lowest BCUT2D eigenvalue weighted by molar-refractivity contribution is -0.148. The zero-order chi connectivity index (χ0) is 18.7. The predicted molar refractivity (Wildman–Crippen MR) is 102 cm³/mol. The molecule has 1 aliphatic heterocycles. The molecule has 0 unspecified atom stereocenters. The summed E-state index contributed by atoms with van der Waals surface area (Å²) in [5, 5.41) is 6.78. The first-order chi connectivity index (χ1) is 12.4. The van der Waals surface area contributed by atoms with Crippen LogP contribution in [0.4, 0.5) is 11.6 Å². The van der Waals surface area contributed by atoms with Crippen molar-refractivity contribution in [3.05, 3.63) is 46.2 Å². The summed E-state index contributed by atoms with van der Waals surface area (Å²) in [6, 6.07) is 6.23. The zero-order valence-corrected chi connectivity index (χ0v) is 16.0. The molecule has 138 valence electrons. The molecule has 2 N–H and O–H groups in total. The van der Waals surface area contributed by atoms with Crippen molar-refractivity contribution in [3.63, 3.8) is 0 Å². The fraction of sp³-hybridized carbons (Fsp3) is 0.421. The highest BCUT2D eigenvalue weighted by Crippen LogP contribution is 2.30. The third kappa shape index (κ3) is 3.81. The van der Waals surface area contributed by atoms with Crippen molar-refractivity contribution >= 4 is 29.2 Å². The van der Waals surface area contributed by atoms with Crippen LogP contribution in [0.1, 0.15) is 37.5 Å². The van der Waals surface area contributed by atoms with E-state index in [1.807, 2.05) is 6.07 Å². The largest absolute Gasteiger partial charge is 0.465 e. The molecular formula is C19H23ClN4O2. The number of hydrogen-bond acceptors (Lipinski definition) is 6. The van der Waals surface area contributed by atoms with Gasteiger partial charge in [0.25, 0.3) is 0 Å². The number of esters is 1. The second kappa shape index (κ2) is 7.60. The van der Waals surface area contributed by atoms with Gasteiger partial charge in [0.05, 0.1) is 12.0 Å². The van der Waals surface area contributed by atoms with Crippen molar-refractivity contribution < 1.29 is 9.53 Å². The first-order valence-corrected chi connectivity index (χ1v) is 9.09. The first kappa shape index (κ1) is 18.6. The molecule has 6 nitrogen and oxygen atoms in total. The van der Waals surface area contributed by atoms with Crippen molar-refractivity contribution in [2.24, 2.45) is 0 Å². The molecule has 26 heavy (non-hydrogen) atoms. The standard InChI is InChI=1S/C19H23ClN4O2/c1-4-26-17(25)19(2,3)15-11-22-18(24-16(15)20)23-14-6-5-12-7-8-21-10-13(12)9-14/h5-6,9,11,21H,4,7-8,10H2,1-3H3,(H,22,23,24). The molecule has 3 rings (SSSR count). The molecule has 0 fully saturated rings. The van der Waals surface area contributed by atoms with Crippen LogP contribution in [0.25, 0.3) is 0 Å². The highest BCUT2D eigenvalue weighted by Gasteiger charge is 2.34. The number of hydrogen-bond donors (Lipinski definition) is 2. The molecule has 0 saturated heterocycles. The number of carbonyl (C=O) groups excluding carboxylic acids is 1. The fourth-order valence-corrected chi connectivity index (χ4v) is 3.31. The molecule has 0 amide bonds. The Morgan fingerprint density at radius 1 is 1.38 bits per heavy atom. The highest BCUT2D eigenvalue weighted by atomic mass is 35.5. The van der Waals surface area contributed by atoms with Gasteiger partial charge in [-0.25, -0.2) is 9.97 Å². The molecule has 0 spiro atoms. The molecule has 2 heterocycles. The maximum Gasteiger partial charge on any atom is 0.316 e. The van der Waals surface area contributed by atoms with E-state index in [0.717, 1.165) is 25.2 Å². The second-order valence-electron chi connectivity index (χ2n) is 6.78. The lowest BCUT2D eigenvalue weighted by Crippen LogP contribution is -2.32. The van der Waals surface area contributed by atoms with Gasteiger partial charge >= 0.3 is 5.97 Å². The first-order valence-electron chi connectivity index (χ1n) is 8.71. The Balaban J connectivity index is 1.80. The third-order valence-corrected chi connectivity index (χ3v) is 4.84. The Morgan fingerprint density at radius 2 is 2.19 bits per heavy atom. The average Bonchev–Trinajstić information content (AvgIpc) is 2.61. The number of rotatable bonds is 5. The van der Waals surface area contributed by atoms with Crippen LogP contribution >= 0.6 is 11.6 Å². The topological polar surface area (TPSA) is 76.1 Å². The van der Waals surface area contributed by atoms with E-state index in [2.05, 4.69) is 32.7 Å². The molecule has 2 aromatic rings. The summed E-state index contributed by atoms with van der Waals surface area (Å²) in [5.41, 5.74) is 3.16. The lowest BCUT2D eigenvalue weighted by Gasteiger charge is -2.23. The number of ether oxygens (including phenoxy) is 1. The molecule has 0 bridgehead atoms. The van der Waals surface area contributed by atoms with Crippen LogP contribution in [-0.4, -0.2) is 29.1 Å². The van der Waals surface area contributed by atoms with Crippen molar-refractivity contribution in [2.45, 2.75) is 39.2 Å². The summed E-state index contributed by atoms with van der Waals surface area (Å²) in [7, 11) is 0. The molecule has 0 aliphatic carbocycles. The van der Waals surface area contributed by atoms with E-state index in [-0.39, 0.29) is 11.1 Å². The zero-order valence-electron chi connectivity index (χ0n) is 15.2. The maximum atomic E-state index is 12.2. The van der Waals surface area contributed by atoms with Gasteiger partial charge in [-0.1, -0.05) is 17.7 Å².